The van der Waals surface area contributed by atoms with Crippen molar-refractivity contribution in [3.05, 3.63) is 71.8 Å². The minimum atomic E-state index is -0.413. The quantitative estimate of drug-likeness (QED) is 0.466. The fourth-order valence-electron chi connectivity index (χ4n) is 3.00. The van der Waals surface area contributed by atoms with Crippen LogP contribution in [-0.4, -0.2) is 5.79 Å². The summed E-state index contributed by atoms with van der Waals surface area (Å²) in [7, 11) is 0. The second-order valence-electron chi connectivity index (χ2n) is 6.02. The zero-order valence-corrected chi connectivity index (χ0v) is 19.0. The molecule has 0 unspecified atom stereocenters. The summed E-state index contributed by atoms with van der Waals surface area (Å²) in [6, 6.07) is 20.7. The highest BCUT2D eigenvalue weighted by Gasteiger charge is 2.34. The van der Waals surface area contributed by atoms with Crippen molar-refractivity contribution in [2.75, 3.05) is 0 Å². The Morgan fingerprint density at radius 2 is 0.929 bits per heavy atom. The van der Waals surface area contributed by atoms with E-state index in [1.54, 1.807) is 0 Å². The van der Waals surface area contributed by atoms with Gasteiger partial charge in [0.25, 0.3) is 0 Å². The molecule has 0 radical (unpaired) electrons. The Bertz CT molecular complexity index is 500. The van der Waals surface area contributed by atoms with Gasteiger partial charge >= 0.3 is 0 Å². The molecule has 0 N–H and O–H groups in total. The molecule has 0 spiro atoms. The summed E-state index contributed by atoms with van der Waals surface area (Å²) in [6.45, 7) is 13.2. The van der Waals surface area contributed by atoms with E-state index in [0.29, 0.717) is 13.2 Å². The summed E-state index contributed by atoms with van der Waals surface area (Å²) in [5.74, 6) is -0.413. The van der Waals surface area contributed by atoms with E-state index in [4.69, 9.17) is 9.47 Å². The molecule has 1 aliphatic carbocycles. The normalized spacial score (nSPS) is 14.2. The van der Waals surface area contributed by atoms with Gasteiger partial charge in [0.15, 0.2) is 5.79 Å². The van der Waals surface area contributed by atoms with Gasteiger partial charge in [0, 0.05) is 12.8 Å². The molecule has 158 valence electrons. The van der Waals surface area contributed by atoms with Crippen LogP contribution in [0.4, 0.5) is 0 Å². The number of benzene rings is 2. The predicted octanol–water partition coefficient (Wildman–Crippen LogP) is 8.16. The van der Waals surface area contributed by atoms with Crippen LogP contribution in [0.1, 0.15) is 84.8 Å². The standard InChI is InChI=1S/C20H24O2.3C2H6/c1-4-10-18(11-5-1)16-21-20(14-8-3-9-15-20)22-17-19-12-6-2-7-13-19;3*1-2/h1-2,4-7,10-13H,3,8-9,14-17H2;3*1-2H3. The molecule has 0 amide bonds. The Morgan fingerprint density at radius 1 is 0.571 bits per heavy atom. The van der Waals surface area contributed by atoms with Gasteiger partial charge in [0.2, 0.25) is 0 Å². The summed E-state index contributed by atoms with van der Waals surface area (Å²) in [6.07, 6.45) is 5.64. The maximum Gasteiger partial charge on any atom is 0.169 e. The predicted molar refractivity (Wildman–Crippen MR) is 122 cm³/mol. The van der Waals surface area contributed by atoms with E-state index < -0.39 is 5.79 Å². The van der Waals surface area contributed by atoms with Crippen molar-refractivity contribution in [2.45, 2.75) is 92.6 Å². The number of rotatable bonds is 6. The Hall–Kier alpha value is -1.64. The van der Waals surface area contributed by atoms with Gasteiger partial charge in [0.1, 0.15) is 0 Å². The lowest BCUT2D eigenvalue weighted by molar-refractivity contribution is -0.264. The largest absolute Gasteiger partial charge is 0.345 e. The zero-order valence-electron chi connectivity index (χ0n) is 19.0. The molecule has 0 atom stereocenters. The second kappa shape index (κ2) is 17.5. The second-order valence-corrected chi connectivity index (χ2v) is 6.02. The van der Waals surface area contributed by atoms with Crippen molar-refractivity contribution in [1.82, 2.24) is 0 Å². The van der Waals surface area contributed by atoms with Crippen LogP contribution in [0.2, 0.25) is 0 Å². The maximum atomic E-state index is 6.26. The molecule has 28 heavy (non-hydrogen) atoms. The molecule has 0 saturated heterocycles. The van der Waals surface area contributed by atoms with E-state index >= 15 is 0 Å². The van der Waals surface area contributed by atoms with Crippen LogP contribution in [0.15, 0.2) is 60.7 Å². The number of hydrogen-bond donors (Lipinski definition) is 0. The molecule has 3 rings (SSSR count). The van der Waals surface area contributed by atoms with Gasteiger partial charge in [0.05, 0.1) is 13.2 Å². The average molecular weight is 387 g/mol. The topological polar surface area (TPSA) is 18.5 Å². The third kappa shape index (κ3) is 10.1. The molecule has 0 aromatic heterocycles. The first-order valence-electron chi connectivity index (χ1n) is 11.2. The lowest BCUT2D eigenvalue weighted by atomic mass is 9.94. The van der Waals surface area contributed by atoms with Gasteiger partial charge < -0.3 is 9.47 Å². The summed E-state index contributed by atoms with van der Waals surface area (Å²) >= 11 is 0. The molecule has 2 aromatic rings. The van der Waals surface area contributed by atoms with Gasteiger partial charge in [-0.3, -0.25) is 0 Å². The molecule has 1 fully saturated rings. The van der Waals surface area contributed by atoms with E-state index in [2.05, 4.69) is 48.5 Å². The summed E-state index contributed by atoms with van der Waals surface area (Å²) < 4.78 is 12.5. The van der Waals surface area contributed by atoms with Crippen molar-refractivity contribution < 1.29 is 9.47 Å². The molecule has 0 aliphatic heterocycles. The molecular weight excluding hydrogens is 344 g/mol. The Kier molecular flexibility index (Phi) is 16.4. The van der Waals surface area contributed by atoms with Crippen LogP contribution in [0.3, 0.4) is 0 Å². The first kappa shape index (κ1) is 26.4. The van der Waals surface area contributed by atoms with Crippen molar-refractivity contribution in [3.8, 4) is 0 Å². The highest BCUT2D eigenvalue weighted by atomic mass is 16.7. The molecule has 0 heterocycles. The van der Waals surface area contributed by atoms with E-state index in [-0.39, 0.29) is 0 Å². The first-order chi connectivity index (χ1) is 13.9. The van der Waals surface area contributed by atoms with Gasteiger partial charge in [-0.2, -0.15) is 0 Å². The van der Waals surface area contributed by atoms with Gasteiger partial charge in [-0.15, -0.1) is 0 Å². The van der Waals surface area contributed by atoms with Gasteiger partial charge in [-0.1, -0.05) is 109 Å². The summed E-state index contributed by atoms with van der Waals surface area (Å²) in [5, 5.41) is 0. The van der Waals surface area contributed by atoms with Crippen LogP contribution in [0.25, 0.3) is 0 Å². The molecule has 0 bridgehead atoms. The summed E-state index contributed by atoms with van der Waals surface area (Å²) in [4.78, 5) is 0. The number of hydrogen-bond acceptors (Lipinski definition) is 2. The van der Waals surface area contributed by atoms with E-state index in [1.807, 2.05) is 53.7 Å². The SMILES string of the molecule is CC.CC.CC.c1ccc(COC2(OCc3ccccc3)CCCCC2)cc1. The minimum Gasteiger partial charge on any atom is -0.345 e. The van der Waals surface area contributed by atoms with Crippen LogP contribution in [-0.2, 0) is 22.7 Å². The van der Waals surface area contributed by atoms with Crippen molar-refractivity contribution in [3.63, 3.8) is 0 Å². The molecule has 1 aliphatic rings. The fourth-order valence-corrected chi connectivity index (χ4v) is 3.00. The van der Waals surface area contributed by atoms with E-state index in [0.717, 1.165) is 12.8 Å². The van der Waals surface area contributed by atoms with Gasteiger partial charge in [-0.05, 0) is 24.0 Å². The molecule has 2 nitrogen and oxygen atoms in total. The molecule has 2 aromatic carbocycles. The third-order valence-electron chi connectivity index (χ3n) is 4.30. The Labute approximate surface area is 174 Å². The Balaban J connectivity index is 0.00000111. The van der Waals surface area contributed by atoms with Gasteiger partial charge in [-0.25, -0.2) is 0 Å². The lowest BCUT2D eigenvalue weighted by Gasteiger charge is -2.37. The van der Waals surface area contributed by atoms with E-state index in [9.17, 15) is 0 Å². The zero-order chi connectivity index (χ0) is 21.1. The van der Waals surface area contributed by atoms with E-state index in [1.165, 1.54) is 30.4 Å². The highest BCUT2D eigenvalue weighted by molar-refractivity contribution is 5.14. The molecule has 1 saturated carbocycles. The third-order valence-corrected chi connectivity index (χ3v) is 4.30. The summed E-state index contributed by atoms with van der Waals surface area (Å²) in [5.41, 5.74) is 2.41. The average Bonchev–Trinajstić information content (AvgIpc) is 2.82. The highest BCUT2D eigenvalue weighted by Crippen LogP contribution is 2.34. The number of ether oxygens (including phenoxy) is 2. The van der Waals surface area contributed by atoms with Crippen LogP contribution >= 0.6 is 0 Å². The fraction of sp³-hybridized carbons (Fsp3) is 0.538. The monoisotopic (exact) mass is 386 g/mol. The van der Waals surface area contributed by atoms with Crippen molar-refractivity contribution >= 4 is 0 Å². The van der Waals surface area contributed by atoms with Crippen LogP contribution < -0.4 is 0 Å². The minimum absolute atomic E-state index is 0.413. The smallest absolute Gasteiger partial charge is 0.169 e. The van der Waals surface area contributed by atoms with Crippen molar-refractivity contribution in [1.29, 1.82) is 0 Å². The molecule has 2 heteroatoms. The van der Waals surface area contributed by atoms with Crippen LogP contribution in [0, 0.1) is 0 Å². The molecular formula is C26H42O2. The lowest BCUT2D eigenvalue weighted by Crippen LogP contribution is -2.38. The maximum absolute atomic E-state index is 6.26. The Morgan fingerprint density at radius 3 is 1.29 bits per heavy atom. The van der Waals surface area contributed by atoms with Crippen LogP contribution in [0.5, 0.6) is 0 Å². The van der Waals surface area contributed by atoms with Crippen molar-refractivity contribution in [2.24, 2.45) is 0 Å². The first-order valence-corrected chi connectivity index (χ1v) is 11.2.